The number of benzene rings is 2. The van der Waals surface area contributed by atoms with E-state index in [9.17, 15) is 9.59 Å². The number of nitrogens with one attached hydrogen (secondary N) is 2. The van der Waals surface area contributed by atoms with Gasteiger partial charge in [-0.15, -0.1) is 11.8 Å². The zero-order chi connectivity index (χ0) is 20.6. The van der Waals surface area contributed by atoms with Gasteiger partial charge in [0.25, 0.3) is 5.91 Å². The second-order valence-corrected chi connectivity index (χ2v) is 8.86. The van der Waals surface area contributed by atoms with Crippen LogP contribution in [0.2, 0.25) is 0 Å². The van der Waals surface area contributed by atoms with Crippen molar-refractivity contribution < 1.29 is 9.59 Å². The lowest BCUT2D eigenvalue weighted by Crippen LogP contribution is -2.31. The van der Waals surface area contributed by atoms with Gasteiger partial charge in [0.15, 0.2) is 0 Å². The summed E-state index contributed by atoms with van der Waals surface area (Å²) < 4.78 is 0. The molecule has 5 heteroatoms. The Morgan fingerprint density at radius 2 is 1.76 bits per heavy atom. The summed E-state index contributed by atoms with van der Waals surface area (Å²) in [5, 5.41) is 6.03. The molecule has 1 fully saturated rings. The van der Waals surface area contributed by atoms with E-state index in [-0.39, 0.29) is 11.8 Å². The summed E-state index contributed by atoms with van der Waals surface area (Å²) >= 11 is 1.41. The van der Waals surface area contributed by atoms with Crippen LogP contribution in [0.1, 0.15) is 53.6 Å². The van der Waals surface area contributed by atoms with Crippen LogP contribution in [0.3, 0.4) is 0 Å². The van der Waals surface area contributed by atoms with Crippen LogP contribution >= 0.6 is 11.8 Å². The maximum Gasteiger partial charge on any atom is 0.256 e. The standard InChI is InChI=1S/C24H30N2O2S/c1-17-12-13-20(14-18(17)2)26-24(28)21-10-6-7-11-22(21)29-16-23(27)25-15-19-8-4-3-5-9-19/h6-7,10-14,19H,3-5,8-9,15-16H2,1-2H3,(H,25,27)(H,26,28). The van der Waals surface area contributed by atoms with Gasteiger partial charge < -0.3 is 10.6 Å². The van der Waals surface area contributed by atoms with Gasteiger partial charge in [-0.3, -0.25) is 9.59 Å². The van der Waals surface area contributed by atoms with Crippen molar-refractivity contribution in [2.24, 2.45) is 5.92 Å². The number of carbonyl (C=O) groups excluding carboxylic acids is 2. The first kappa shape index (κ1) is 21.4. The molecule has 2 aromatic carbocycles. The molecule has 1 aliphatic rings. The molecule has 4 nitrogen and oxygen atoms in total. The lowest BCUT2D eigenvalue weighted by molar-refractivity contribution is -0.118. The number of hydrogen-bond acceptors (Lipinski definition) is 3. The van der Waals surface area contributed by atoms with Crippen LogP contribution in [0.5, 0.6) is 0 Å². The van der Waals surface area contributed by atoms with Gasteiger partial charge in [-0.2, -0.15) is 0 Å². The summed E-state index contributed by atoms with van der Waals surface area (Å²) in [7, 11) is 0. The molecule has 1 saturated carbocycles. The van der Waals surface area contributed by atoms with Crippen LogP contribution in [-0.4, -0.2) is 24.1 Å². The Bertz CT molecular complexity index is 860. The van der Waals surface area contributed by atoms with Gasteiger partial charge in [-0.05, 0) is 68.0 Å². The van der Waals surface area contributed by atoms with Gasteiger partial charge in [0.1, 0.15) is 0 Å². The SMILES string of the molecule is Cc1ccc(NC(=O)c2ccccc2SCC(=O)NCC2CCCCC2)cc1C. The Morgan fingerprint density at radius 3 is 2.52 bits per heavy atom. The minimum Gasteiger partial charge on any atom is -0.355 e. The Balaban J connectivity index is 1.55. The largest absolute Gasteiger partial charge is 0.355 e. The lowest BCUT2D eigenvalue weighted by atomic mass is 9.89. The predicted octanol–water partition coefficient (Wildman–Crippen LogP) is 5.34. The molecule has 0 aliphatic heterocycles. The molecule has 2 N–H and O–H groups in total. The Hall–Kier alpha value is -2.27. The molecule has 0 bridgehead atoms. The van der Waals surface area contributed by atoms with E-state index < -0.39 is 0 Å². The summed E-state index contributed by atoms with van der Waals surface area (Å²) in [5.41, 5.74) is 3.71. The number of aryl methyl sites for hydroxylation is 2. The third-order valence-electron chi connectivity index (χ3n) is 5.57. The summed E-state index contributed by atoms with van der Waals surface area (Å²) in [6.07, 6.45) is 6.31. The Morgan fingerprint density at radius 1 is 1.00 bits per heavy atom. The first-order valence-corrected chi connectivity index (χ1v) is 11.4. The van der Waals surface area contributed by atoms with Crippen molar-refractivity contribution in [3.63, 3.8) is 0 Å². The third kappa shape index (κ3) is 6.36. The van der Waals surface area contributed by atoms with E-state index in [4.69, 9.17) is 0 Å². The van der Waals surface area contributed by atoms with Crippen LogP contribution in [0, 0.1) is 19.8 Å². The number of hydrogen-bond donors (Lipinski definition) is 2. The average Bonchev–Trinajstić information content (AvgIpc) is 2.74. The van der Waals surface area contributed by atoms with Crippen molar-refractivity contribution in [2.75, 3.05) is 17.6 Å². The van der Waals surface area contributed by atoms with E-state index in [1.165, 1.54) is 49.4 Å². The number of thioether (sulfide) groups is 1. The van der Waals surface area contributed by atoms with Crippen molar-refractivity contribution in [1.82, 2.24) is 5.32 Å². The Labute approximate surface area is 177 Å². The predicted molar refractivity (Wildman–Crippen MR) is 121 cm³/mol. The topological polar surface area (TPSA) is 58.2 Å². The minimum absolute atomic E-state index is 0.0324. The monoisotopic (exact) mass is 410 g/mol. The van der Waals surface area contributed by atoms with Crippen LogP contribution in [0.25, 0.3) is 0 Å². The highest BCUT2D eigenvalue weighted by molar-refractivity contribution is 8.00. The van der Waals surface area contributed by atoms with Crippen molar-refractivity contribution in [2.45, 2.75) is 50.8 Å². The van der Waals surface area contributed by atoms with Crippen LogP contribution in [-0.2, 0) is 4.79 Å². The van der Waals surface area contributed by atoms with Crippen LogP contribution in [0.15, 0.2) is 47.4 Å². The number of rotatable bonds is 7. The molecule has 0 unspecified atom stereocenters. The third-order valence-corrected chi connectivity index (χ3v) is 6.64. The van der Waals surface area contributed by atoms with Crippen molar-refractivity contribution in [1.29, 1.82) is 0 Å². The second kappa shape index (κ2) is 10.5. The Kier molecular flexibility index (Phi) is 7.76. The molecule has 1 aliphatic carbocycles. The van der Waals surface area contributed by atoms with Crippen molar-refractivity contribution >= 4 is 29.3 Å². The highest BCUT2D eigenvalue weighted by Gasteiger charge is 2.16. The number of anilines is 1. The molecule has 29 heavy (non-hydrogen) atoms. The first-order valence-electron chi connectivity index (χ1n) is 10.4. The minimum atomic E-state index is -0.154. The van der Waals surface area contributed by atoms with E-state index in [2.05, 4.69) is 10.6 Å². The van der Waals surface area contributed by atoms with Gasteiger partial charge >= 0.3 is 0 Å². The van der Waals surface area contributed by atoms with Gasteiger partial charge in [0.2, 0.25) is 5.91 Å². The fourth-order valence-electron chi connectivity index (χ4n) is 3.64. The van der Waals surface area contributed by atoms with Gasteiger partial charge in [0, 0.05) is 17.1 Å². The molecule has 0 spiro atoms. The van der Waals surface area contributed by atoms with Gasteiger partial charge in [0.05, 0.1) is 11.3 Å². The highest BCUT2D eigenvalue weighted by Crippen LogP contribution is 2.25. The van der Waals surface area contributed by atoms with Gasteiger partial charge in [-0.1, -0.05) is 37.5 Å². The molecule has 2 aromatic rings. The molecule has 0 saturated heterocycles. The fourth-order valence-corrected chi connectivity index (χ4v) is 4.52. The van der Waals surface area contributed by atoms with E-state index in [1.807, 2.05) is 50.2 Å². The molecular formula is C24H30N2O2S. The van der Waals surface area contributed by atoms with E-state index in [1.54, 1.807) is 6.07 Å². The summed E-state index contributed by atoms with van der Waals surface area (Å²) in [4.78, 5) is 25.9. The number of amides is 2. The van der Waals surface area contributed by atoms with E-state index in [0.717, 1.165) is 22.7 Å². The molecule has 154 valence electrons. The maximum atomic E-state index is 12.8. The average molecular weight is 411 g/mol. The fraction of sp³-hybridized carbons (Fsp3) is 0.417. The van der Waals surface area contributed by atoms with Crippen LogP contribution < -0.4 is 10.6 Å². The highest BCUT2D eigenvalue weighted by atomic mass is 32.2. The summed E-state index contributed by atoms with van der Waals surface area (Å²) in [6.45, 7) is 4.85. The molecule has 3 rings (SSSR count). The zero-order valence-corrected chi connectivity index (χ0v) is 18.1. The number of carbonyl (C=O) groups is 2. The summed E-state index contributed by atoms with van der Waals surface area (Å²) in [5.74, 6) is 0.818. The van der Waals surface area contributed by atoms with Crippen LogP contribution in [0.4, 0.5) is 5.69 Å². The van der Waals surface area contributed by atoms with Crippen molar-refractivity contribution in [3.8, 4) is 0 Å². The summed E-state index contributed by atoms with van der Waals surface area (Å²) in [6, 6.07) is 13.3. The maximum absolute atomic E-state index is 12.8. The molecular weight excluding hydrogens is 380 g/mol. The second-order valence-electron chi connectivity index (χ2n) is 7.85. The molecule has 2 amide bonds. The van der Waals surface area contributed by atoms with E-state index >= 15 is 0 Å². The molecule has 0 aromatic heterocycles. The smallest absolute Gasteiger partial charge is 0.256 e. The zero-order valence-electron chi connectivity index (χ0n) is 17.3. The normalized spacial score (nSPS) is 14.4. The molecule has 0 radical (unpaired) electrons. The quantitative estimate of drug-likeness (QED) is 0.606. The van der Waals surface area contributed by atoms with E-state index in [0.29, 0.717) is 17.2 Å². The molecule has 0 heterocycles. The van der Waals surface area contributed by atoms with Gasteiger partial charge in [-0.25, -0.2) is 0 Å². The van der Waals surface area contributed by atoms with Crippen molar-refractivity contribution in [3.05, 3.63) is 59.2 Å². The lowest BCUT2D eigenvalue weighted by Gasteiger charge is -2.21. The first-order chi connectivity index (χ1) is 14.0. The molecule has 0 atom stereocenters.